The molecule has 9 aromatic carbocycles. The van der Waals surface area contributed by atoms with E-state index in [9.17, 15) is 36.8 Å². The molecule has 0 aliphatic carbocycles. The van der Waals surface area contributed by atoms with Gasteiger partial charge in [-0.1, -0.05) is 133 Å². The van der Waals surface area contributed by atoms with Gasteiger partial charge < -0.3 is 39.0 Å². The van der Waals surface area contributed by atoms with Gasteiger partial charge in [0.2, 0.25) is 0 Å². The number of sulfone groups is 1. The molecule has 0 aliphatic rings. The van der Waals surface area contributed by atoms with Crippen molar-refractivity contribution in [2.75, 3.05) is 13.4 Å². The summed E-state index contributed by atoms with van der Waals surface area (Å²) >= 11 is 0.926. The van der Waals surface area contributed by atoms with E-state index in [0.29, 0.717) is 44.4 Å². The van der Waals surface area contributed by atoms with Crippen LogP contribution in [0.15, 0.2) is 282 Å². The van der Waals surface area contributed by atoms with Crippen LogP contribution in [-0.4, -0.2) is 83.1 Å². The number of hydrogen-bond donors (Lipinski definition) is 3. The molecule has 0 bridgehead atoms. The van der Waals surface area contributed by atoms with Gasteiger partial charge in [0.05, 0.1) is 64.1 Å². The second kappa shape index (κ2) is 41.2. The molecule has 0 saturated heterocycles. The predicted octanol–water partition coefficient (Wildman–Crippen LogP) is 20.7. The number of carbonyl (C=O) groups excluding carboxylic acids is 3. The fourth-order valence-electron chi connectivity index (χ4n) is 12.0. The summed E-state index contributed by atoms with van der Waals surface area (Å²) in [5.41, 5.74) is 13.2. The van der Waals surface area contributed by atoms with Gasteiger partial charge in [-0.05, 0) is 129 Å². The van der Waals surface area contributed by atoms with Crippen molar-refractivity contribution in [1.82, 2.24) is 28.7 Å². The maximum atomic E-state index is 13.6. The average molecular weight is 2090 g/mol. The van der Waals surface area contributed by atoms with E-state index in [1.807, 2.05) is 109 Å². The van der Waals surface area contributed by atoms with E-state index in [0.717, 1.165) is 96.1 Å². The number of para-hydroxylation sites is 6. The summed E-state index contributed by atoms with van der Waals surface area (Å²) in [5, 5.41) is 41.3. The van der Waals surface area contributed by atoms with E-state index in [4.69, 9.17) is 26.2 Å². The van der Waals surface area contributed by atoms with Crippen molar-refractivity contribution in [2.45, 2.75) is 51.3 Å². The number of aliphatic hydroxyl groups is 3. The van der Waals surface area contributed by atoms with Crippen LogP contribution < -0.4 is 0 Å². The summed E-state index contributed by atoms with van der Waals surface area (Å²) in [6, 6.07) is 80.2. The SMILES string of the molecule is CC(=O)C=C(C)O.CC(=O)C=C(C)O.CC(=O)C=C(C)O.COOSc1cc(-c2cc(-n3c4ccccc4c4ccccc43)ccn2)[c-]c(S(C)(=O)=O)c1.Fc1[c-]c(-c2cc(-n3c4ccccc4c4ccccc43)ccn2)cc(F)c1.[C-]#[N+]c1cc(C#N)[c-]c(-c2cc(-n3c4ccccc4c4ccccc43)ccn2)c1.[Pt].[Pt].[Pt]. The smallest absolute Gasteiger partial charge is 0.158 e. The summed E-state index contributed by atoms with van der Waals surface area (Å²) in [4.78, 5) is 52.1. The Morgan fingerprint density at radius 1 is 0.487 bits per heavy atom. The van der Waals surface area contributed by atoms with E-state index in [-0.39, 0.29) is 108 Å². The summed E-state index contributed by atoms with van der Waals surface area (Å²) in [5.74, 6) is -1.58. The van der Waals surface area contributed by atoms with Gasteiger partial charge in [-0.15, -0.1) is 65.2 Å². The van der Waals surface area contributed by atoms with Crippen molar-refractivity contribution >= 4 is 110 Å². The Morgan fingerprint density at radius 2 is 0.814 bits per heavy atom. The summed E-state index contributed by atoms with van der Waals surface area (Å²) in [6.45, 7) is 15.8. The Labute approximate surface area is 698 Å². The Morgan fingerprint density at radius 3 is 1.10 bits per heavy atom. The molecule has 0 amide bonds. The fraction of sp³-hybridized carbons (Fsp3) is 0.0909. The van der Waals surface area contributed by atoms with Crippen LogP contribution in [0.3, 0.4) is 0 Å². The summed E-state index contributed by atoms with van der Waals surface area (Å²) in [6.07, 6.45) is 9.76. The molecule has 0 atom stereocenters. The first-order valence-electron chi connectivity index (χ1n) is 33.7. The van der Waals surface area contributed by atoms with Gasteiger partial charge in [-0.2, -0.15) is 4.33 Å². The molecule has 18 nitrogen and oxygen atoms in total. The predicted molar refractivity (Wildman–Crippen MR) is 428 cm³/mol. The molecule has 0 aliphatic heterocycles. The summed E-state index contributed by atoms with van der Waals surface area (Å²) in [7, 11) is -2.10. The molecule has 25 heteroatoms. The van der Waals surface area contributed by atoms with E-state index in [2.05, 4.69) is 135 Å². The number of pyridine rings is 3. The Bertz CT molecular complexity index is 6020. The second-order valence-corrected chi connectivity index (χ2v) is 27.4. The van der Waals surface area contributed by atoms with Crippen LogP contribution in [0.1, 0.15) is 47.1 Å². The van der Waals surface area contributed by atoms with Crippen molar-refractivity contribution in [3.8, 4) is 56.9 Å². The Balaban J connectivity index is 0.000000206. The number of hydrogen-bond acceptors (Lipinski definition) is 15. The normalized spacial score (nSPS) is 11.1. The maximum absolute atomic E-state index is 13.6. The molecule has 113 heavy (non-hydrogen) atoms. The number of nitriles is 1. The van der Waals surface area contributed by atoms with Crippen LogP contribution in [0.5, 0.6) is 0 Å². The van der Waals surface area contributed by atoms with Crippen LogP contribution in [0.4, 0.5) is 14.5 Å². The molecule has 15 aromatic rings. The fourth-order valence-corrected chi connectivity index (χ4v) is 13.2. The molecule has 0 saturated carbocycles. The molecule has 580 valence electrons. The number of fused-ring (bicyclic) bond motifs is 9. The molecule has 0 spiro atoms. The Hall–Kier alpha value is -11.4. The molecule has 15 rings (SSSR count). The van der Waals surface area contributed by atoms with Gasteiger partial charge in [-0.25, -0.2) is 27.3 Å². The standard InChI is InChI=1S/C25H13N4.C25H19N2O4S2.C23H13F2N2.3C5H8O2.3Pt/c1-27-19-13-17(16-26)12-18(14-19)23-15-20(10-11-28-23)29-24-8-4-2-6-21(24)22-7-3-5-9-25(22)29;1-30-31-32-19-13-17(14-20(16-19)33(2,28)29)23-15-18(11-12-26-23)27-24-9-5-3-7-21(24)22-8-4-6-10-25(22)27;24-16-11-15(12-17(25)13-16)21-14-18(9-10-26-21)27-22-7-3-1-5-19(22)20-6-2-4-8-23(20)27;3*1-4(6)3-5(2)7;;;/h2-11,13-15H;3-13,15-16H,1-2H3;1-11,13-14H;3*3,6H,1-2H3;;;/q3*-1;;;;;;. The van der Waals surface area contributed by atoms with Crippen molar-refractivity contribution < 1.29 is 119 Å². The number of ketones is 3. The second-order valence-electron chi connectivity index (χ2n) is 24.6. The minimum Gasteiger partial charge on any atom is -0.512 e. The third kappa shape index (κ3) is 22.9. The van der Waals surface area contributed by atoms with Gasteiger partial charge in [0.1, 0.15) is 5.69 Å². The summed E-state index contributed by atoms with van der Waals surface area (Å²) < 4.78 is 63.2. The van der Waals surface area contributed by atoms with Crippen LogP contribution in [0, 0.1) is 47.7 Å². The van der Waals surface area contributed by atoms with E-state index < -0.39 is 21.5 Å². The molecule has 0 fully saturated rings. The topological polar surface area (TPSA) is 246 Å². The number of carbonyl (C=O) groups is 3. The molecule has 0 unspecified atom stereocenters. The van der Waals surface area contributed by atoms with Gasteiger partial charge in [0.15, 0.2) is 27.2 Å². The number of halogens is 2. The number of benzene rings is 9. The van der Waals surface area contributed by atoms with Crippen molar-refractivity contribution in [3.05, 3.63) is 319 Å². The number of aliphatic hydroxyl groups excluding tert-OH is 3. The minimum absolute atomic E-state index is 0. The molecule has 6 heterocycles. The van der Waals surface area contributed by atoms with E-state index in [1.165, 1.54) is 95.9 Å². The minimum atomic E-state index is -3.49. The molecule has 3 N–H and O–H groups in total. The molecular formula is C88H69F2N8O10Pt3S2-3. The quantitative estimate of drug-likeness (QED) is 0.0243. The third-order valence-corrected chi connectivity index (χ3v) is 17.8. The molecule has 6 aromatic heterocycles. The van der Waals surface area contributed by atoms with Crippen molar-refractivity contribution in [3.63, 3.8) is 0 Å². The van der Waals surface area contributed by atoms with Gasteiger partial charge >= 0.3 is 0 Å². The van der Waals surface area contributed by atoms with Crippen molar-refractivity contribution in [2.24, 2.45) is 0 Å². The van der Waals surface area contributed by atoms with Crippen LogP contribution in [0.2, 0.25) is 0 Å². The van der Waals surface area contributed by atoms with Crippen molar-refractivity contribution in [1.29, 1.82) is 5.26 Å². The zero-order valence-corrected chi connectivity index (χ0v) is 70.0. The number of aromatic nitrogens is 6. The van der Waals surface area contributed by atoms with Crippen LogP contribution in [0.25, 0.3) is 121 Å². The van der Waals surface area contributed by atoms with Gasteiger partial charge in [0.25, 0.3) is 0 Å². The first kappa shape index (κ1) is 88.8. The molecule has 0 radical (unpaired) electrons. The Kier molecular flexibility index (Phi) is 32.4. The first-order valence-corrected chi connectivity index (χ1v) is 36.3. The van der Waals surface area contributed by atoms with Gasteiger partial charge in [-0.3, -0.25) is 24.2 Å². The molecular weight excluding hydrogens is 2020 g/mol. The largest absolute Gasteiger partial charge is 0.512 e. The number of allylic oxidation sites excluding steroid dienone is 6. The average Bonchev–Trinajstić information content (AvgIpc) is 1.61. The van der Waals surface area contributed by atoms with E-state index in [1.54, 1.807) is 30.7 Å². The maximum Gasteiger partial charge on any atom is 0.158 e. The van der Waals surface area contributed by atoms with E-state index >= 15 is 0 Å². The van der Waals surface area contributed by atoms with Gasteiger partial charge in [0, 0.05) is 185 Å². The monoisotopic (exact) mass is 2080 g/mol. The van der Waals surface area contributed by atoms with Crippen LogP contribution >= 0.6 is 12.0 Å². The number of rotatable bonds is 13. The van der Waals surface area contributed by atoms with Crippen LogP contribution in [-0.2, 0) is 96.6 Å². The first-order chi connectivity index (χ1) is 52.8. The zero-order valence-electron chi connectivity index (χ0n) is 61.5. The number of nitrogens with zero attached hydrogens (tertiary/aromatic N) is 8. The third-order valence-electron chi connectivity index (χ3n) is 16.1. The zero-order chi connectivity index (χ0) is 78.8.